The van der Waals surface area contributed by atoms with Crippen LogP contribution in [0.2, 0.25) is 0 Å². The predicted molar refractivity (Wildman–Crippen MR) is 55.2 cm³/mol. The first-order valence-corrected chi connectivity index (χ1v) is 5.18. The smallest absolute Gasteiger partial charge is 0.396 e. The number of methoxy groups -OCH3 is 1. The molecular formula is C10H18N2O3. The first-order chi connectivity index (χ1) is 7.13. The summed E-state index contributed by atoms with van der Waals surface area (Å²) in [4.78, 5) is 24.1. The number of nitrogens with zero attached hydrogens (tertiary/aromatic N) is 1. The van der Waals surface area contributed by atoms with Crippen LogP contribution in [0, 0.1) is 5.92 Å². The van der Waals surface area contributed by atoms with Crippen molar-refractivity contribution in [3.8, 4) is 0 Å². The highest BCUT2D eigenvalue weighted by atomic mass is 16.5. The molecule has 0 bridgehead atoms. The molecule has 0 radical (unpaired) electrons. The molecule has 0 aliphatic carbocycles. The van der Waals surface area contributed by atoms with Crippen LogP contribution in [-0.4, -0.2) is 50.6 Å². The van der Waals surface area contributed by atoms with Crippen molar-refractivity contribution < 1.29 is 14.3 Å². The van der Waals surface area contributed by atoms with Crippen LogP contribution in [0.25, 0.3) is 0 Å². The molecule has 0 saturated carbocycles. The summed E-state index contributed by atoms with van der Waals surface area (Å²) >= 11 is 0. The molecule has 5 heteroatoms. The minimum atomic E-state index is -0.820. The van der Waals surface area contributed by atoms with Crippen LogP contribution in [-0.2, 0) is 14.3 Å². The molecule has 0 aromatic rings. The Labute approximate surface area is 89.8 Å². The van der Waals surface area contributed by atoms with Crippen LogP contribution >= 0.6 is 0 Å². The van der Waals surface area contributed by atoms with Gasteiger partial charge in [0.2, 0.25) is 0 Å². The van der Waals surface area contributed by atoms with E-state index in [4.69, 9.17) is 0 Å². The molecule has 0 aromatic heterocycles. The number of hydrogen-bond acceptors (Lipinski definition) is 4. The van der Waals surface area contributed by atoms with Gasteiger partial charge >= 0.3 is 11.9 Å². The third-order valence-electron chi connectivity index (χ3n) is 2.64. The Balaban J connectivity index is 2.24. The van der Waals surface area contributed by atoms with Crippen molar-refractivity contribution in [2.75, 3.05) is 33.8 Å². The predicted octanol–water partition coefficient (Wildman–Crippen LogP) is -0.383. The summed E-state index contributed by atoms with van der Waals surface area (Å²) in [6.45, 7) is 2.64. The third-order valence-corrected chi connectivity index (χ3v) is 2.64. The van der Waals surface area contributed by atoms with E-state index in [0.29, 0.717) is 12.5 Å². The lowest BCUT2D eigenvalue weighted by Gasteiger charge is -2.29. The van der Waals surface area contributed by atoms with Crippen molar-refractivity contribution in [3.63, 3.8) is 0 Å². The summed E-state index contributed by atoms with van der Waals surface area (Å²) in [5.74, 6) is -1.03. The molecule has 1 N–H and O–H groups in total. The fraction of sp³-hybridized carbons (Fsp3) is 0.800. The minimum Gasteiger partial charge on any atom is -0.462 e. The molecular weight excluding hydrogens is 196 g/mol. The van der Waals surface area contributed by atoms with Crippen molar-refractivity contribution in [1.82, 2.24) is 10.2 Å². The van der Waals surface area contributed by atoms with Gasteiger partial charge in [-0.2, -0.15) is 0 Å². The number of piperidine rings is 1. The summed E-state index contributed by atoms with van der Waals surface area (Å²) in [5.41, 5.74) is 0. The Kier molecular flexibility index (Phi) is 4.55. The van der Waals surface area contributed by atoms with Gasteiger partial charge in [0, 0.05) is 13.1 Å². The second kappa shape index (κ2) is 5.70. The zero-order chi connectivity index (χ0) is 11.3. The molecule has 1 aliphatic rings. The van der Waals surface area contributed by atoms with Gasteiger partial charge in [0.1, 0.15) is 0 Å². The quantitative estimate of drug-likeness (QED) is 0.503. The van der Waals surface area contributed by atoms with Gasteiger partial charge in [-0.05, 0) is 32.4 Å². The monoisotopic (exact) mass is 214 g/mol. The molecule has 1 heterocycles. The fourth-order valence-corrected chi connectivity index (χ4v) is 1.84. The van der Waals surface area contributed by atoms with E-state index in [9.17, 15) is 9.59 Å². The summed E-state index contributed by atoms with van der Waals surface area (Å²) in [7, 11) is 3.27. The van der Waals surface area contributed by atoms with Gasteiger partial charge in [-0.3, -0.25) is 4.79 Å². The Morgan fingerprint density at radius 3 is 2.87 bits per heavy atom. The second-order valence-corrected chi connectivity index (χ2v) is 3.97. The van der Waals surface area contributed by atoms with Crippen molar-refractivity contribution in [2.45, 2.75) is 12.8 Å². The van der Waals surface area contributed by atoms with E-state index in [1.54, 1.807) is 0 Å². The van der Waals surface area contributed by atoms with E-state index < -0.39 is 11.9 Å². The Bertz CT molecular complexity index is 243. The van der Waals surface area contributed by atoms with E-state index in [1.165, 1.54) is 7.11 Å². The number of nitrogens with one attached hydrogen (secondary N) is 1. The van der Waals surface area contributed by atoms with Crippen LogP contribution in [0.3, 0.4) is 0 Å². The fourth-order valence-electron chi connectivity index (χ4n) is 1.84. The SMILES string of the molecule is COC(=O)C(=O)NCC1CCCN(C)C1. The molecule has 1 atom stereocenters. The van der Waals surface area contributed by atoms with Gasteiger partial charge in [0.05, 0.1) is 7.11 Å². The minimum absolute atomic E-state index is 0.442. The highest BCUT2D eigenvalue weighted by Gasteiger charge is 2.19. The van der Waals surface area contributed by atoms with Gasteiger partial charge in [0.25, 0.3) is 0 Å². The number of carbonyl (C=O) groups is 2. The molecule has 1 unspecified atom stereocenters. The summed E-state index contributed by atoms with van der Waals surface area (Å²) in [6, 6.07) is 0. The maximum absolute atomic E-state index is 11.1. The standard InChI is InChI=1S/C10H18N2O3/c1-12-5-3-4-8(7-12)6-11-9(13)10(14)15-2/h8H,3-7H2,1-2H3,(H,11,13). The topological polar surface area (TPSA) is 58.6 Å². The average molecular weight is 214 g/mol. The van der Waals surface area contributed by atoms with Crippen LogP contribution in [0.4, 0.5) is 0 Å². The van der Waals surface area contributed by atoms with Crippen LogP contribution in [0.15, 0.2) is 0 Å². The lowest BCUT2D eigenvalue weighted by atomic mass is 9.98. The lowest BCUT2D eigenvalue weighted by Crippen LogP contribution is -2.41. The maximum Gasteiger partial charge on any atom is 0.396 e. The summed E-state index contributed by atoms with van der Waals surface area (Å²) in [6.07, 6.45) is 2.25. The van der Waals surface area contributed by atoms with Crippen LogP contribution < -0.4 is 5.32 Å². The van der Waals surface area contributed by atoms with Crippen molar-refractivity contribution >= 4 is 11.9 Å². The Hall–Kier alpha value is -1.10. The number of rotatable bonds is 2. The number of ether oxygens (including phenoxy) is 1. The van der Waals surface area contributed by atoms with Gasteiger partial charge in [-0.25, -0.2) is 4.79 Å². The third kappa shape index (κ3) is 3.87. The van der Waals surface area contributed by atoms with Crippen molar-refractivity contribution in [1.29, 1.82) is 0 Å². The average Bonchev–Trinajstić information content (AvgIpc) is 2.25. The van der Waals surface area contributed by atoms with Crippen LogP contribution in [0.1, 0.15) is 12.8 Å². The van der Waals surface area contributed by atoms with E-state index in [-0.39, 0.29) is 0 Å². The second-order valence-electron chi connectivity index (χ2n) is 3.97. The van der Waals surface area contributed by atoms with Crippen molar-refractivity contribution in [2.24, 2.45) is 5.92 Å². The number of likely N-dealkylation sites (tertiary alicyclic amines) is 1. The molecule has 1 saturated heterocycles. The van der Waals surface area contributed by atoms with E-state index >= 15 is 0 Å². The van der Waals surface area contributed by atoms with Crippen molar-refractivity contribution in [3.05, 3.63) is 0 Å². The van der Waals surface area contributed by atoms with E-state index in [0.717, 1.165) is 25.9 Å². The Morgan fingerprint density at radius 1 is 1.53 bits per heavy atom. The lowest BCUT2D eigenvalue weighted by molar-refractivity contribution is -0.152. The zero-order valence-corrected chi connectivity index (χ0v) is 9.28. The largest absolute Gasteiger partial charge is 0.462 e. The van der Waals surface area contributed by atoms with Gasteiger partial charge < -0.3 is 15.0 Å². The summed E-state index contributed by atoms with van der Waals surface area (Å²) < 4.78 is 4.31. The molecule has 86 valence electrons. The zero-order valence-electron chi connectivity index (χ0n) is 9.28. The molecule has 1 aliphatic heterocycles. The normalized spacial score (nSPS) is 22.1. The molecule has 5 nitrogen and oxygen atoms in total. The first-order valence-electron chi connectivity index (χ1n) is 5.18. The molecule has 0 spiro atoms. The maximum atomic E-state index is 11.1. The number of esters is 1. The molecule has 0 aromatic carbocycles. The Morgan fingerprint density at radius 2 is 2.27 bits per heavy atom. The molecule has 15 heavy (non-hydrogen) atoms. The highest BCUT2D eigenvalue weighted by molar-refractivity contribution is 6.32. The van der Waals surface area contributed by atoms with E-state index in [1.807, 2.05) is 0 Å². The first kappa shape index (κ1) is 12.0. The number of hydrogen-bond donors (Lipinski definition) is 1. The highest BCUT2D eigenvalue weighted by Crippen LogP contribution is 2.13. The van der Waals surface area contributed by atoms with Crippen LogP contribution in [0.5, 0.6) is 0 Å². The van der Waals surface area contributed by atoms with Gasteiger partial charge in [-0.15, -0.1) is 0 Å². The molecule has 1 rings (SSSR count). The van der Waals surface area contributed by atoms with E-state index in [2.05, 4.69) is 22.0 Å². The molecule has 1 amide bonds. The van der Waals surface area contributed by atoms with Gasteiger partial charge in [0.15, 0.2) is 0 Å². The summed E-state index contributed by atoms with van der Waals surface area (Å²) in [5, 5.41) is 2.58. The number of amides is 1. The number of carbonyl (C=O) groups excluding carboxylic acids is 2. The van der Waals surface area contributed by atoms with Gasteiger partial charge in [-0.1, -0.05) is 0 Å². The molecule has 1 fully saturated rings.